The van der Waals surface area contributed by atoms with Crippen LogP contribution in [0.3, 0.4) is 0 Å². The third-order valence-electron chi connectivity index (χ3n) is 6.09. The van der Waals surface area contributed by atoms with Gasteiger partial charge in [-0.1, -0.05) is 24.6 Å². The summed E-state index contributed by atoms with van der Waals surface area (Å²) >= 11 is 1.69. The van der Waals surface area contributed by atoms with E-state index in [1.54, 1.807) is 11.8 Å². The maximum atomic E-state index is 11.8. The molecule has 2 heterocycles. The lowest BCUT2D eigenvalue weighted by molar-refractivity contribution is -0.146. The first-order chi connectivity index (χ1) is 14.7. The summed E-state index contributed by atoms with van der Waals surface area (Å²) in [5.41, 5.74) is 0. The number of ether oxygens (including phenoxy) is 1. The molecule has 3 rings (SSSR count). The van der Waals surface area contributed by atoms with E-state index in [2.05, 4.69) is 38.2 Å². The highest BCUT2D eigenvalue weighted by molar-refractivity contribution is 14.0. The number of aliphatic imine (C=N–C) groups is 1. The fraction of sp³-hybridized carbons (Fsp3) is 0.810. The van der Waals surface area contributed by atoms with Gasteiger partial charge in [0.2, 0.25) is 0 Å². The normalized spacial score (nSPS) is 18.2. The largest absolute Gasteiger partial charge is 0.469 e. The summed E-state index contributed by atoms with van der Waals surface area (Å²) in [5.74, 6) is 1.97. The van der Waals surface area contributed by atoms with Gasteiger partial charge in [0.05, 0.1) is 13.0 Å². The number of carbonyl (C=O) groups excluding carboxylic acids is 1. The van der Waals surface area contributed by atoms with E-state index >= 15 is 0 Å². The third kappa shape index (κ3) is 6.97. The van der Waals surface area contributed by atoms with Gasteiger partial charge in [0.1, 0.15) is 5.82 Å². The van der Waals surface area contributed by atoms with E-state index in [4.69, 9.17) is 9.73 Å². The second-order valence-electron chi connectivity index (χ2n) is 8.03. The number of guanidine groups is 1. The lowest BCUT2D eigenvalue weighted by Gasteiger charge is -2.33. The van der Waals surface area contributed by atoms with Crippen LogP contribution in [0.15, 0.2) is 10.1 Å². The fourth-order valence-corrected chi connectivity index (χ4v) is 5.06. The molecular weight excluding hydrogens is 527 g/mol. The van der Waals surface area contributed by atoms with Crippen molar-refractivity contribution in [3.63, 3.8) is 0 Å². The van der Waals surface area contributed by atoms with Crippen molar-refractivity contribution in [2.75, 3.05) is 39.5 Å². The van der Waals surface area contributed by atoms with Crippen LogP contribution in [-0.2, 0) is 16.0 Å². The molecule has 0 amide bonds. The second-order valence-corrected chi connectivity index (χ2v) is 8.81. The summed E-state index contributed by atoms with van der Waals surface area (Å²) in [7, 11) is 1.47. The number of hydrogen-bond donors (Lipinski definition) is 1. The molecule has 10 heteroatoms. The number of methoxy groups -OCH3 is 1. The van der Waals surface area contributed by atoms with Crippen LogP contribution in [0.25, 0.3) is 0 Å². The molecule has 0 unspecified atom stereocenters. The molecule has 0 bridgehead atoms. The number of nitrogens with zero attached hydrogens (tertiary/aromatic N) is 5. The monoisotopic (exact) mass is 564 g/mol. The number of thioether (sulfide) groups is 1. The van der Waals surface area contributed by atoms with E-state index in [9.17, 15) is 4.79 Å². The molecule has 2 aliphatic rings. The molecule has 1 aliphatic heterocycles. The number of carbonyl (C=O) groups is 1. The number of aryl methyl sites for hydroxylation is 1. The third-order valence-corrected chi connectivity index (χ3v) is 6.74. The predicted molar refractivity (Wildman–Crippen MR) is 135 cm³/mol. The van der Waals surface area contributed by atoms with E-state index in [0.29, 0.717) is 6.04 Å². The van der Waals surface area contributed by atoms with Crippen LogP contribution in [0.2, 0.25) is 0 Å². The quantitative estimate of drug-likeness (QED) is 0.129. The Bertz CT molecular complexity index is 715. The molecule has 0 atom stereocenters. The number of nitrogens with one attached hydrogen (secondary N) is 1. The number of piperidine rings is 1. The smallest absolute Gasteiger partial charge is 0.308 e. The van der Waals surface area contributed by atoms with Crippen LogP contribution in [-0.4, -0.2) is 71.1 Å². The minimum Gasteiger partial charge on any atom is -0.469 e. The molecule has 1 saturated heterocycles. The van der Waals surface area contributed by atoms with Crippen molar-refractivity contribution in [2.45, 2.75) is 69.5 Å². The van der Waals surface area contributed by atoms with Gasteiger partial charge in [-0.25, -0.2) is 0 Å². The summed E-state index contributed by atoms with van der Waals surface area (Å²) in [5, 5.41) is 13.3. The zero-order valence-electron chi connectivity index (χ0n) is 19.0. The molecule has 0 aromatic carbocycles. The highest BCUT2D eigenvalue weighted by Gasteiger charge is 2.27. The maximum absolute atomic E-state index is 11.8. The Balaban J connectivity index is 0.00000341. The summed E-state index contributed by atoms with van der Waals surface area (Å²) in [6.45, 7) is 5.34. The molecule has 8 nitrogen and oxygen atoms in total. The Morgan fingerprint density at radius 1 is 1.23 bits per heavy atom. The average Bonchev–Trinajstić information content (AvgIpc) is 3.44. The number of esters is 1. The predicted octanol–water partition coefficient (Wildman–Crippen LogP) is 3.52. The summed E-state index contributed by atoms with van der Waals surface area (Å²) in [6, 6.07) is 0.564. The summed E-state index contributed by atoms with van der Waals surface area (Å²) < 4.78 is 7.27. The zero-order valence-corrected chi connectivity index (χ0v) is 22.2. The van der Waals surface area contributed by atoms with Crippen LogP contribution in [0.5, 0.6) is 0 Å². The Morgan fingerprint density at radius 2 is 1.94 bits per heavy atom. The van der Waals surface area contributed by atoms with Gasteiger partial charge in [-0.2, -0.15) is 0 Å². The van der Waals surface area contributed by atoms with Crippen molar-refractivity contribution >= 4 is 47.7 Å². The number of likely N-dealkylation sites (tertiary alicyclic amines) is 1. The van der Waals surface area contributed by atoms with Gasteiger partial charge >= 0.3 is 5.97 Å². The highest BCUT2D eigenvalue weighted by Crippen LogP contribution is 2.33. The SMILES string of the molecule is CCNC(=NCCCc1nnc(SC)n1C1CCCC1)N1CCC(C(=O)OC)CC1.I. The molecule has 0 spiro atoms. The minimum absolute atomic E-state index is 0. The van der Waals surface area contributed by atoms with Crippen LogP contribution in [0.1, 0.15) is 63.7 Å². The zero-order chi connectivity index (χ0) is 21.3. The number of hydrogen-bond acceptors (Lipinski definition) is 6. The minimum atomic E-state index is -0.0902. The molecular formula is C21H37IN6O2S. The first-order valence-corrected chi connectivity index (χ1v) is 12.5. The van der Waals surface area contributed by atoms with Gasteiger partial charge < -0.3 is 19.5 Å². The van der Waals surface area contributed by atoms with E-state index in [1.165, 1.54) is 32.8 Å². The summed E-state index contributed by atoms with van der Waals surface area (Å²) in [6.07, 6.45) is 10.7. The van der Waals surface area contributed by atoms with Gasteiger partial charge in [-0.15, -0.1) is 34.2 Å². The molecule has 2 fully saturated rings. The van der Waals surface area contributed by atoms with Crippen LogP contribution in [0.4, 0.5) is 0 Å². The molecule has 176 valence electrons. The van der Waals surface area contributed by atoms with Gasteiger partial charge in [-0.3, -0.25) is 9.79 Å². The standard InChI is InChI=1S/C21H36N6O2S.HI/c1-4-22-20(26-14-11-16(12-15-26)19(28)29-2)23-13-7-10-18-24-25-21(30-3)27(18)17-8-5-6-9-17;/h16-17H,4-15H2,1-3H3,(H,22,23);1H. The van der Waals surface area contributed by atoms with Crippen molar-refractivity contribution in [2.24, 2.45) is 10.9 Å². The van der Waals surface area contributed by atoms with Crippen molar-refractivity contribution < 1.29 is 9.53 Å². The second kappa shape index (κ2) is 13.5. The molecule has 31 heavy (non-hydrogen) atoms. The van der Waals surface area contributed by atoms with Crippen molar-refractivity contribution in [1.29, 1.82) is 0 Å². The number of rotatable bonds is 8. The Morgan fingerprint density at radius 3 is 2.55 bits per heavy atom. The van der Waals surface area contributed by atoms with Crippen molar-refractivity contribution in [1.82, 2.24) is 25.0 Å². The topological polar surface area (TPSA) is 84.6 Å². The van der Waals surface area contributed by atoms with Gasteiger partial charge in [0.15, 0.2) is 11.1 Å². The summed E-state index contributed by atoms with van der Waals surface area (Å²) in [4.78, 5) is 18.9. The fourth-order valence-electron chi connectivity index (χ4n) is 4.49. The maximum Gasteiger partial charge on any atom is 0.308 e. The lowest BCUT2D eigenvalue weighted by Crippen LogP contribution is -2.46. The Labute approximate surface area is 207 Å². The van der Waals surface area contributed by atoms with Gasteiger partial charge in [-0.05, 0) is 45.3 Å². The van der Waals surface area contributed by atoms with Gasteiger partial charge in [0, 0.05) is 38.6 Å². The van der Waals surface area contributed by atoms with Crippen LogP contribution >= 0.6 is 35.7 Å². The first kappa shape index (κ1) is 26.2. The number of halogens is 1. The van der Waals surface area contributed by atoms with Crippen molar-refractivity contribution in [3.05, 3.63) is 5.82 Å². The number of aromatic nitrogens is 3. The Hall–Kier alpha value is -1.04. The molecule has 1 N–H and O–H groups in total. The molecule has 1 aromatic rings. The van der Waals surface area contributed by atoms with Crippen LogP contribution < -0.4 is 5.32 Å². The van der Waals surface area contributed by atoms with Gasteiger partial charge in [0.25, 0.3) is 0 Å². The van der Waals surface area contributed by atoms with E-state index in [-0.39, 0.29) is 35.9 Å². The van der Waals surface area contributed by atoms with Crippen molar-refractivity contribution in [3.8, 4) is 0 Å². The van der Waals surface area contributed by atoms with E-state index in [0.717, 1.165) is 68.8 Å². The average molecular weight is 565 g/mol. The first-order valence-electron chi connectivity index (χ1n) is 11.3. The lowest BCUT2D eigenvalue weighted by atomic mass is 9.97. The van der Waals surface area contributed by atoms with E-state index < -0.39 is 0 Å². The molecule has 1 saturated carbocycles. The highest BCUT2D eigenvalue weighted by atomic mass is 127. The molecule has 1 aliphatic carbocycles. The molecule has 0 radical (unpaired) electrons. The molecule has 1 aromatic heterocycles. The Kier molecular flexibility index (Phi) is 11.4. The van der Waals surface area contributed by atoms with Crippen LogP contribution in [0, 0.1) is 5.92 Å². The van der Waals surface area contributed by atoms with E-state index in [1.807, 2.05) is 0 Å².